The molecule has 7 rings (SSSR count). The van der Waals surface area contributed by atoms with Crippen LogP contribution in [0.3, 0.4) is 0 Å². The van der Waals surface area contributed by atoms with Gasteiger partial charge in [-0.3, -0.25) is 14.7 Å². The smallest absolute Gasteiger partial charge is 0.220 e. The van der Waals surface area contributed by atoms with Gasteiger partial charge >= 0.3 is 0 Å². The van der Waals surface area contributed by atoms with E-state index in [0.717, 1.165) is 42.9 Å². The summed E-state index contributed by atoms with van der Waals surface area (Å²) in [6, 6.07) is 47.5. The zero-order valence-corrected chi connectivity index (χ0v) is 24.7. The van der Waals surface area contributed by atoms with E-state index in [1.807, 2.05) is 6.21 Å². The Morgan fingerprint density at radius 3 is 1.77 bits per heavy atom. The van der Waals surface area contributed by atoms with Gasteiger partial charge in [0.05, 0.1) is 5.69 Å². The van der Waals surface area contributed by atoms with Gasteiger partial charge in [0, 0.05) is 38.3 Å². The summed E-state index contributed by atoms with van der Waals surface area (Å²) in [5, 5.41) is 3.03. The van der Waals surface area contributed by atoms with E-state index >= 15 is 0 Å². The van der Waals surface area contributed by atoms with Crippen LogP contribution < -0.4 is 5.32 Å². The molecule has 1 atom stereocenters. The Labute approximate surface area is 259 Å². The maximum atomic E-state index is 11.7. The van der Waals surface area contributed by atoms with Crippen LogP contribution in [0.15, 0.2) is 138 Å². The molecule has 0 bridgehead atoms. The summed E-state index contributed by atoms with van der Waals surface area (Å²) in [7, 11) is 0. The average Bonchev–Trinajstić information content (AvgIpc) is 3.53. The van der Waals surface area contributed by atoms with Crippen molar-refractivity contribution in [1.82, 2.24) is 10.2 Å². The molecule has 2 heterocycles. The second-order valence-corrected chi connectivity index (χ2v) is 11.5. The number of rotatable bonds is 7. The van der Waals surface area contributed by atoms with E-state index in [4.69, 9.17) is 4.99 Å². The van der Waals surface area contributed by atoms with Gasteiger partial charge in [-0.1, -0.05) is 127 Å². The third kappa shape index (κ3) is 5.90. The Balaban J connectivity index is 1.21. The molecule has 44 heavy (non-hydrogen) atoms. The first-order valence-electron chi connectivity index (χ1n) is 15.4. The molecule has 0 saturated carbocycles. The summed E-state index contributed by atoms with van der Waals surface area (Å²) in [6.45, 7) is 2.51. The van der Waals surface area contributed by atoms with Crippen molar-refractivity contribution in [3.05, 3.63) is 172 Å². The van der Waals surface area contributed by atoms with Crippen LogP contribution in [0.1, 0.15) is 51.8 Å². The van der Waals surface area contributed by atoms with Crippen molar-refractivity contribution < 1.29 is 4.79 Å². The number of nitrogens with zero attached hydrogens (tertiary/aromatic N) is 2. The van der Waals surface area contributed by atoms with Crippen LogP contribution in [0, 0.1) is 0 Å². The number of hydrogen-bond acceptors (Lipinski definition) is 3. The van der Waals surface area contributed by atoms with Gasteiger partial charge < -0.3 is 5.32 Å². The first-order chi connectivity index (χ1) is 21.7. The molecule has 5 aromatic rings. The second kappa shape index (κ2) is 12.7. The van der Waals surface area contributed by atoms with Crippen LogP contribution in [0.5, 0.6) is 0 Å². The van der Waals surface area contributed by atoms with Crippen LogP contribution in [0.4, 0.5) is 5.69 Å². The van der Waals surface area contributed by atoms with E-state index in [1.54, 1.807) is 0 Å². The molecule has 1 N–H and O–H groups in total. The minimum absolute atomic E-state index is 0.164. The van der Waals surface area contributed by atoms with Crippen molar-refractivity contribution in [2.45, 2.75) is 32.0 Å². The van der Waals surface area contributed by atoms with Gasteiger partial charge in [-0.2, -0.15) is 0 Å². The van der Waals surface area contributed by atoms with Gasteiger partial charge in [0.25, 0.3) is 0 Å². The first-order valence-corrected chi connectivity index (χ1v) is 15.4. The number of amides is 1. The van der Waals surface area contributed by atoms with Crippen molar-refractivity contribution in [2.75, 3.05) is 6.54 Å². The average molecular weight is 574 g/mol. The first kappa shape index (κ1) is 27.8. The standard InChI is InChI=1S/C40H35N3O/c44-38-24-23-35(26-42-38)43-27-34-17-10-18-37(36(34)28-43)41-25-29-19-21-33(22-20-29)40(32-15-8-3-9-16-32)39(30-11-4-1-5-12-30)31-13-6-2-7-14-31/h1-22,25,35H,23-24,26-28H2,(H,42,44). The van der Waals surface area contributed by atoms with Gasteiger partial charge in [0.1, 0.15) is 0 Å². The van der Waals surface area contributed by atoms with E-state index < -0.39 is 0 Å². The van der Waals surface area contributed by atoms with Crippen molar-refractivity contribution in [3.63, 3.8) is 0 Å². The van der Waals surface area contributed by atoms with E-state index in [9.17, 15) is 4.79 Å². The number of fused-ring (bicyclic) bond motifs is 1. The number of aliphatic imine (C=N–C) groups is 1. The fourth-order valence-corrected chi connectivity index (χ4v) is 6.45. The topological polar surface area (TPSA) is 44.7 Å². The van der Waals surface area contributed by atoms with Crippen LogP contribution in [-0.4, -0.2) is 29.6 Å². The highest BCUT2D eigenvalue weighted by atomic mass is 16.1. The monoisotopic (exact) mass is 573 g/mol. The van der Waals surface area contributed by atoms with Crippen LogP contribution in [0.2, 0.25) is 0 Å². The number of hydrogen-bond donors (Lipinski definition) is 1. The molecule has 5 aromatic carbocycles. The van der Waals surface area contributed by atoms with Gasteiger partial charge in [0.2, 0.25) is 5.91 Å². The van der Waals surface area contributed by atoms with Crippen LogP contribution in [0.25, 0.3) is 11.1 Å². The second-order valence-electron chi connectivity index (χ2n) is 11.5. The Kier molecular flexibility index (Phi) is 7.99. The van der Waals surface area contributed by atoms with Gasteiger partial charge in [0.15, 0.2) is 0 Å². The molecule has 4 heteroatoms. The molecular formula is C40H35N3O. The van der Waals surface area contributed by atoms with Crippen molar-refractivity contribution >= 4 is 29.0 Å². The lowest BCUT2D eigenvalue weighted by Gasteiger charge is -2.30. The predicted octanol–water partition coefficient (Wildman–Crippen LogP) is 8.04. The van der Waals surface area contributed by atoms with Crippen molar-refractivity contribution in [2.24, 2.45) is 4.99 Å². The highest BCUT2D eigenvalue weighted by molar-refractivity contribution is 6.04. The Morgan fingerprint density at radius 2 is 1.23 bits per heavy atom. The summed E-state index contributed by atoms with van der Waals surface area (Å²) in [4.78, 5) is 19.1. The minimum atomic E-state index is 0.164. The molecule has 2 aliphatic heterocycles. The largest absolute Gasteiger partial charge is 0.355 e. The summed E-state index contributed by atoms with van der Waals surface area (Å²) >= 11 is 0. The Morgan fingerprint density at radius 1 is 0.659 bits per heavy atom. The van der Waals surface area contributed by atoms with Crippen LogP contribution >= 0.6 is 0 Å². The third-order valence-corrected chi connectivity index (χ3v) is 8.73. The zero-order valence-electron chi connectivity index (χ0n) is 24.7. The van der Waals surface area contributed by atoms with Gasteiger partial charge in [-0.05, 0) is 62.6 Å². The number of carbonyl (C=O) groups excluding carboxylic acids is 1. The maximum absolute atomic E-state index is 11.7. The lowest BCUT2D eigenvalue weighted by atomic mass is 9.85. The summed E-state index contributed by atoms with van der Waals surface area (Å²) in [5.74, 6) is 0.164. The molecule has 4 nitrogen and oxygen atoms in total. The Hall–Kier alpha value is -5.06. The van der Waals surface area contributed by atoms with Gasteiger partial charge in [-0.25, -0.2) is 0 Å². The molecule has 1 saturated heterocycles. The number of piperidine rings is 1. The lowest BCUT2D eigenvalue weighted by Crippen LogP contribution is -2.46. The SMILES string of the molecule is O=C1CCC(N2Cc3cccc(N=Cc4ccc(C(=C(c5ccccc5)c5ccccc5)c5ccccc5)cc4)c3C2)CN1. The Bertz CT molecular complexity index is 1760. The maximum Gasteiger partial charge on any atom is 0.220 e. The van der Waals surface area contributed by atoms with Crippen molar-refractivity contribution in [3.8, 4) is 0 Å². The molecule has 216 valence electrons. The fourth-order valence-electron chi connectivity index (χ4n) is 6.45. The predicted molar refractivity (Wildman–Crippen MR) is 180 cm³/mol. The quantitative estimate of drug-likeness (QED) is 0.158. The van der Waals surface area contributed by atoms with E-state index in [2.05, 4.69) is 144 Å². The molecule has 0 aromatic heterocycles. The summed E-state index contributed by atoms with van der Waals surface area (Å²) in [5.41, 5.74) is 11.8. The summed E-state index contributed by atoms with van der Waals surface area (Å²) < 4.78 is 0. The zero-order chi connectivity index (χ0) is 29.7. The molecule has 2 aliphatic rings. The molecule has 1 amide bonds. The lowest BCUT2D eigenvalue weighted by molar-refractivity contribution is -0.123. The third-order valence-electron chi connectivity index (χ3n) is 8.73. The van der Waals surface area contributed by atoms with E-state index in [0.29, 0.717) is 12.5 Å². The fraction of sp³-hybridized carbons (Fsp3) is 0.150. The molecular weight excluding hydrogens is 538 g/mol. The molecule has 0 spiro atoms. The highest BCUT2D eigenvalue weighted by Crippen LogP contribution is 2.37. The van der Waals surface area contributed by atoms with E-state index in [1.165, 1.54) is 39.0 Å². The molecule has 1 fully saturated rings. The number of carbonyl (C=O) groups is 1. The van der Waals surface area contributed by atoms with E-state index in [-0.39, 0.29) is 5.91 Å². The normalized spacial score (nSPS) is 16.5. The number of nitrogens with one attached hydrogen (secondary N) is 1. The number of benzene rings is 5. The molecule has 0 radical (unpaired) electrons. The highest BCUT2D eigenvalue weighted by Gasteiger charge is 2.30. The molecule has 0 aliphatic carbocycles. The summed E-state index contributed by atoms with van der Waals surface area (Å²) in [6.07, 6.45) is 3.50. The molecule has 1 unspecified atom stereocenters. The van der Waals surface area contributed by atoms with Crippen molar-refractivity contribution in [1.29, 1.82) is 0 Å². The van der Waals surface area contributed by atoms with Gasteiger partial charge in [-0.15, -0.1) is 0 Å². The minimum Gasteiger partial charge on any atom is -0.355 e. The van der Waals surface area contributed by atoms with Crippen LogP contribution in [-0.2, 0) is 17.9 Å².